The van der Waals surface area contributed by atoms with E-state index >= 15 is 0 Å². The van der Waals surface area contributed by atoms with E-state index in [9.17, 15) is 14.7 Å². The van der Waals surface area contributed by atoms with Gasteiger partial charge < -0.3 is 5.11 Å². The summed E-state index contributed by atoms with van der Waals surface area (Å²) < 4.78 is 0. The minimum absolute atomic E-state index is 0.236. The summed E-state index contributed by atoms with van der Waals surface area (Å²) in [6.45, 7) is 4.39. The topological polar surface area (TPSA) is 78.2 Å². The maximum Gasteiger partial charge on any atom is 0.211 e. The van der Waals surface area contributed by atoms with Crippen LogP contribution in [0.1, 0.15) is 29.8 Å². The number of hydrogen-bond donors (Lipinski definition) is 2. The van der Waals surface area contributed by atoms with Crippen molar-refractivity contribution in [1.82, 2.24) is 0 Å². The van der Waals surface area contributed by atoms with Crippen molar-refractivity contribution in [3.63, 3.8) is 0 Å². The summed E-state index contributed by atoms with van der Waals surface area (Å²) in [6, 6.07) is 6.69. The van der Waals surface area contributed by atoms with Crippen LogP contribution in [0.25, 0.3) is 0 Å². The third-order valence-corrected chi connectivity index (χ3v) is 2.50. The molecule has 0 saturated carbocycles. The molecule has 4 heteroatoms. The van der Waals surface area contributed by atoms with Gasteiger partial charge in [0, 0.05) is 5.56 Å². The SMILES string of the molecule is CC(=O)/C(C(=N)C(=O)c1ccc(C)cc1)=C(/C)O. The predicted molar refractivity (Wildman–Crippen MR) is 69.2 cm³/mol. The van der Waals surface area contributed by atoms with Gasteiger partial charge in [0.05, 0.1) is 5.57 Å². The first kappa shape index (κ1) is 13.8. The molecule has 0 saturated heterocycles. The molecular weight excluding hydrogens is 230 g/mol. The second-order valence-electron chi connectivity index (χ2n) is 4.09. The molecule has 0 radical (unpaired) electrons. The van der Waals surface area contributed by atoms with Crippen molar-refractivity contribution in [2.75, 3.05) is 0 Å². The van der Waals surface area contributed by atoms with Crippen LogP contribution in [0.5, 0.6) is 0 Å². The van der Waals surface area contributed by atoms with Crippen LogP contribution in [0.2, 0.25) is 0 Å². The summed E-state index contributed by atoms with van der Waals surface area (Å²) in [5.41, 5.74) is 0.608. The first-order chi connectivity index (χ1) is 8.34. The third-order valence-electron chi connectivity index (χ3n) is 2.50. The molecule has 0 amide bonds. The highest BCUT2D eigenvalue weighted by Gasteiger charge is 2.22. The van der Waals surface area contributed by atoms with Crippen molar-refractivity contribution in [2.45, 2.75) is 20.8 Å². The highest BCUT2D eigenvalue weighted by Crippen LogP contribution is 2.11. The second kappa shape index (κ2) is 5.40. The largest absolute Gasteiger partial charge is 0.512 e. The van der Waals surface area contributed by atoms with E-state index in [0.717, 1.165) is 5.56 Å². The fourth-order valence-electron chi connectivity index (χ4n) is 1.57. The van der Waals surface area contributed by atoms with E-state index < -0.39 is 17.3 Å². The first-order valence-electron chi connectivity index (χ1n) is 5.45. The Morgan fingerprint density at radius 3 is 2.00 bits per heavy atom. The lowest BCUT2D eigenvalue weighted by atomic mass is 9.97. The van der Waals surface area contributed by atoms with Gasteiger partial charge >= 0.3 is 0 Å². The number of carbonyl (C=O) groups excluding carboxylic acids is 2. The number of hydrogen-bond acceptors (Lipinski definition) is 4. The average molecular weight is 245 g/mol. The molecule has 0 aliphatic carbocycles. The van der Waals surface area contributed by atoms with Crippen LogP contribution >= 0.6 is 0 Å². The van der Waals surface area contributed by atoms with Crippen molar-refractivity contribution >= 4 is 17.3 Å². The number of aliphatic hydroxyl groups is 1. The number of carbonyl (C=O) groups is 2. The fourth-order valence-corrected chi connectivity index (χ4v) is 1.57. The first-order valence-corrected chi connectivity index (χ1v) is 5.45. The lowest BCUT2D eigenvalue weighted by Gasteiger charge is -2.06. The van der Waals surface area contributed by atoms with Gasteiger partial charge in [-0.1, -0.05) is 29.8 Å². The van der Waals surface area contributed by atoms with Crippen LogP contribution in [0.3, 0.4) is 0 Å². The van der Waals surface area contributed by atoms with E-state index in [-0.39, 0.29) is 11.3 Å². The quantitative estimate of drug-likeness (QED) is 0.370. The van der Waals surface area contributed by atoms with Gasteiger partial charge in [0.15, 0.2) is 5.78 Å². The number of aryl methyl sites for hydroxylation is 1. The number of aliphatic hydroxyl groups excluding tert-OH is 1. The van der Waals surface area contributed by atoms with Crippen LogP contribution in [-0.4, -0.2) is 22.4 Å². The minimum Gasteiger partial charge on any atom is -0.512 e. The number of allylic oxidation sites excluding steroid dienone is 2. The molecule has 0 atom stereocenters. The molecule has 0 heterocycles. The number of benzene rings is 1. The number of Topliss-reactive ketones (excluding diaryl/α,β-unsaturated/α-hetero) is 2. The average Bonchev–Trinajstić information content (AvgIpc) is 2.28. The fraction of sp³-hybridized carbons (Fsp3) is 0.214. The van der Waals surface area contributed by atoms with Crippen molar-refractivity contribution < 1.29 is 14.7 Å². The van der Waals surface area contributed by atoms with Crippen LogP contribution in [0, 0.1) is 12.3 Å². The Balaban J connectivity index is 3.12. The van der Waals surface area contributed by atoms with Crippen LogP contribution < -0.4 is 0 Å². The molecule has 18 heavy (non-hydrogen) atoms. The van der Waals surface area contributed by atoms with Crippen LogP contribution in [0.15, 0.2) is 35.6 Å². The van der Waals surface area contributed by atoms with Gasteiger partial charge in [-0.2, -0.15) is 0 Å². The Morgan fingerprint density at radius 2 is 1.61 bits per heavy atom. The van der Waals surface area contributed by atoms with Gasteiger partial charge in [0.2, 0.25) is 5.78 Å². The molecule has 94 valence electrons. The maximum absolute atomic E-state index is 12.0. The molecular formula is C14H15NO3. The number of nitrogens with one attached hydrogen (secondary N) is 1. The van der Waals surface area contributed by atoms with Crippen molar-refractivity contribution in [3.8, 4) is 0 Å². The molecule has 0 aromatic heterocycles. The molecule has 0 unspecified atom stereocenters. The highest BCUT2D eigenvalue weighted by atomic mass is 16.3. The standard InChI is InChI=1S/C14H15NO3/c1-8-4-6-11(7-5-8)14(18)13(15)12(9(2)16)10(3)17/h4-7,15-16H,1-3H3/b12-9+,15-13?. The molecule has 4 nitrogen and oxygen atoms in total. The molecule has 0 aliphatic rings. The Hall–Kier alpha value is -2.23. The maximum atomic E-state index is 12.0. The molecule has 1 aromatic rings. The molecule has 0 bridgehead atoms. The monoisotopic (exact) mass is 245 g/mol. The summed E-state index contributed by atoms with van der Waals surface area (Å²) in [5, 5.41) is 17.1. The summed E-state index contributed by atoms with van der Waals surface area (Å²) in [4.78, 5) is 23.3. The van der Waals surface area contributed by atoms with E-state index in [1.54, 1.807) is 24.3 Å². The predicted octanol–water partition coefficient (Wildman–Crippen LogP) is 2.62. The van der Waals surface area contributed by atoms with Gasteiger partial charge in [0.25, 0.3) is 0 Å². The lowest BCUT2D eigenvalue weighted by molar-refractivity contribution is -0.113. The molecule has 1 aromatic carbocycles. The van der Waals surface area contributed by atoms with Crippen molar-refractivity contribution in [3.05, 3.63) is 46.7 Å². The van der Waals surface area contributed by atoms with Crippen LogP contribution in [0.4, 0.5) is 0 Å². The Kier molecular flexibility index (Phi) is 4.15. The van der Waals surface area contributed by atoms with E-state index in [1.165, 1.54) is 13.8 Å². The summed E-state index contributed by atoms with van der Waals surface area (Å²) in [5.74, 6) is -1.39. The second-order valence-corrected chi connectivity index (χ2v) is 4.09. The summed E-state index contributed by atoms with van der Waals surface area (Å²) >= 11 is 0. The molecule has 0 aliphatic heterocycles. The van der Waals surface area contributed by atoms with Gasteiger partial charge in [0.1, 0.15) is 11.5 Å². The molecule has 0 fully saturated rings. The van der Waals surface area contributed by atoms with E-state index in [1.807, 2.05) is 6.92 Å². The summed E-state index contributed by atoms with van der Waals surface area (Å²) in [7, 11) is 0. The van der Waals surface area contributed by atoms with Crippen molar-refractivity contribution in [2.24, 2.45) is 0 Å². The third kappa shape index (κ3) is 2.91. The summed E-state index contributed by atoms with van der Waals surface area (Å²) in [6.07, 6.45) is 0. The number of rotatable bonds is 4. The minimum atomic E-state index is -0.575. The van der Waals surface area contributed by atoms with Gasteiger partial charge in [-0.25, -0.2) is 0 Å². The smallest absolute Gasteiger partial charge is 0.211 e. The van der Waals surface area contributed by atoms with Gasteiger partial charge in [-0.05, 0) is 20.8 Å². The van der Waals surface area contributed by atoms with E-state index in [0.29, 0.717) is 5.56 Å². The van der Waals surface area contributed by atoms with E-state index in [2.05, 4.69) is 0 Å². The molecule has 2 N–H and O–H groups in total. The Labute approximate surface area is 105 Å². The van der Waals surface area contributed by atoms with Gasteiger partial charge in [-0.3, -0.25) is 15.0 Å². The Morgan fingerprint density at radius 1 is 1.11 bits per heavy atom. The zero-order valence-corrected chi connectivity index (χ0v) is 10.6. The zero-order valence-electron chi connectivity index (χ0n) is 10.6. The normalized spacial score (nSPS) is 11.7. The zero-order chi connectivity index (χ0) is 13.9. The van der Waals surface area contributed by atoms with Crippen LogP contribution in [-0.2, 0) is 4.79 Å². The Bertz CT molecular complexity index is 535. The number of ketones is 2. The molecule has 1 rings (SSSR count). The van der Waals surface area contributed by atoms with E-state index in [4.69, 9.17) is 5.41 Å². The van der Waals surface area contributed by atoms with Gasteiger partial charge in [-0.15, -0.1) is 0 Å². The lowest BCUT2D eigenvalue weighted by Crippen LogP contribution is -2.21. The highest BCUT2D eigenvalue weighted by molar-refractivity contribution is 6.55. The molecule has 0 spiro atoms. The van der Waals surface area contributed by atoms with Crippen molar-refractivity contribution in [1.29, 1.82) is 5.41 Å².